The van der Waals surface area contributed by atoms with Crippen LogP contribution in [-0.2, 0) is 14.4 Å². The molecule has 1 aromatic rings. The number of ether oxygens (including phenoxy) is 2. The number of nitrogens with one attached hydrogen (secondary N) is 2. The minimum atomic E-state index is -0.629. The van der Waals surface area contributed by atoms with Crippen molar-refractivity contribution < 1.29 is 23.9 Å². The van der Waals surface area contributed by atoms with Gasteiger partial charge >= 0.3 is 0 Å². The van der Waals surface area contributed by atoms with Gasteiger partial charge in [-0.3, -0.25) is 14.4 Å². The van der Waals surface area contributed by atoms with Crippen molar-refractivity contribution in [3.8, 4) is 11.5 Å². The Kier molecular flexibility index (Phi) is 6.11. The second-order valence-corrected chi connectivity index (χ2v) is 8.37. The molecule has 3 amide bonds. The summed E-state index contributed by atoms with van der Waals surface area (Å²) in [5.41, 5.74) is 0.679. The first-order chi connectivity index (χ1) is 14.5. The van der Waals surface area contributed by atoms with E-state index in [9.17, 15) is 14.4 Å². The van der Waals surface area contributed by atoms with Crippen molar-refractivity contribution in [3.63, 3.8) is 0 Å². The number of nitrogens with zero attached hydrogens (tertiary/aromatic N) is 1. The Morgan fingerprint density at radius 2 is 1.83 bits per heavy atom. The number of carbonyl (C=O) groups excluding carboxylic acids is 3. The highest BCUT2D eigenvalue weighted by atomic mass is 16.7. The van der Waals surface area contributed by atoms with E-state index in [0.717, 1.165) is 25.7 Å². The highest BCUT2D eigenvalue weighted by molar-refractivity contribution is 6.01. The maximum absolute atomic E-state index is 12.7. The van der Waals surface area contributed by atoms with Crippen molar-refractivity contribution in [1.82, 2.24) is 10.6 Å². The molecule has 0 spiro atoms. The van der Waals surface area contributed by atoms with Crippen molar-refractivity contribution in [3.05, 3.63) is 18.2 Å². The Morgan fingerprint density at radius 1 is 1.10 bits per heavy atom. The first kappa shape index (κ1) is 20.5. The highest BCUT2D eigenvalue weighted by Crippen LogP contribution is 2.37. The Hall–Kier alpha value is -2.77. The van der Waals surface area contributed by atoms with Crippen LogP contribution >= 0.6 is 0 Å². The van der Waals surface area contributed by atoms with Gasteiger partial charge in [0.2, 0.25) is 24.5 Å². The van der Waals surface area contributed by atoms with Crippen LogP contribution in [-0.4, -0.2) is 43.1 Å². The van der Waals surface area contributed by atoms with Crippen LogP contribution in [0.25, 0.3) is 0 Å². The van der Waals surface area contributed by atoms with Crippen LogP contribution < -0.4 is 25.0 Å². The highest BCUT2D eigenvalue weighted by Gasteiger charge is 2.36. The van der Waals surface area contributed by atoms with E-state index in [2.05, 4.69) is 10.6 Å². The topological polar surface area (TPSA) is 97.0 Å². The van der Waals surface area contributed by atoms with E-state index in [1.54, 1.807) is 30.0 Å². The summed E-state index contributed by atoms with van der Waals surface area (Å²) in [4.78, 5) is 39.3. The molecule has 30 heavy (non-hydrogen) atoms. The van der Waals surface area contributed by atoms with Crippen LogP contribution in [0.15, 0.2) is 18.2 Å². The summed E-state index contributed by atoms with van der Waals surface area (Å²) in [7, 11) is 0. The molecule has 2 heterocycles. The number of rotatable bonds is 5. The van der Waals surface area contributed by atoms with Gasteiger partial charge in [-0.2, -0.15) is 0 Å². The lowest BCUT2D eigenvalue weighted by Crippen LogP contribution is -2.49. The summed E-state index contributed by atoms with van der Waals surface area (Å²) in [5.74, 6) is 0.202. The van der Waals surface area contributed by atoms with Crippen LogP contribution in [0.4, 0.5) is 5.69 Å². The van der Waals surface area contributed by atoms with Crippen LogP contribution in [0.2, 0.25) is 0 Å². The van der Waals surface area contributed by atoms with Crippen LogP contribution in [0.1, 0.15) is 51.9 Å². The number of fused-ring (bicyclic) bond motifs is 1. The molecule has 2 aliphatic heterocycles. The SMILES string of the molecule is C[C@H](NC(=O)[C@@H]1CC(=O)N(c2ccc3c(c2)OCO3)C1)C(=O)NC1CCCCCC1. The third-order valence-electron chi connectivity index (χ3n) is 6.12. The number of hydrogen-bond acceptors (Lipinski definition) is 5. The Balaban J connectivity index is 1.31. The average Bonchev–Trinajstić information content (AvgIpc) is 3.27. The molecule has 8 nitrogen and oxygen atoms in total. The molecule has 4 rings (SSSR count). The summed E-state index contributed by atoms with van der Waals surface area (Å²) in [5, 5.41) is 5.85. The van der Waals surface area contributed by atoms with Gasteiger partial charge in [-0.15, -0.1) is 0 Å². The van der Waals surface area contributed by atoms with E-state index < -0.39 is 12.0 Å². The fourth-order valence-corrected chi connectivity index (χ4v) is 4.33. The zero-order valence-corrected chi connectivity index (χ0v) is 17.3. The monoisotopic (exact) mass is 415 g/mol. The van der Waals surface area contributed by atoms with Gasteiger partial charge in [-0.1, -0.05) is 25.7 Å². The summed E-state index contributed by atoms with van der Waals surface area (Å²) >= 11 is 0. The summed E-state index contributed by atoms with van der Waals surface area (Å²) in [6, 6.07) is 4.86. The normalized spacial score (nSPS) is 22.5. The van der Waals surface area contributed by atoms with Gasteiger partial charge in [-0.05, 0) is 31.9 Å². The molecule has 0 aromatic heterocycles. The van der Waals surface area contributed by atoms with Crippen molar-refractivity contribution in [1.29, 1.82) is 0 Å². The first-order valence-corrected chi connectivity index (χ1v) is 10.8. The average molecular weight is 415 g/mol. The number of amides is 3. The van der Waals surface area contributed by atoms with E-state index in [1.807, 2.05) is 0 Å². The predicted octanol–water partition coefficient (Wildman–Crippen LogP) is 2.11. The third kappa shape index (κ3) is 4.52. The quantitative estimate of drug-likeness (QED) is 0.718. The molecule has 8 heteroatoms. The summed E-state index contributed by atoms with van der Waals surface area (Å²) < 4.78 is 10.7. The molecule has 0 unspecified atom stereocenters. The van der Waals surface area contributed by atoms with Gasteiger partial charge < -0.3 is 25.0 Å². The Bertz CT molecular complexity index is 819. The number of carbonyl (C=O) groups is 3. The Morgan fingerprint density at radius 3 is 2.60 bits per heavy atom. The second-order valence-electron chi connectivity index (χ2n) is 8.37. The second kappa shape index (κ2) is 8.93. The number of hydrogen-bond donors (Lipinski definition) is 2. The van der Waals surface area contributed by atoms with Gasteiger partial charge in [0.25, 0.3) is 0 Å². The molecule has 3 aliphatic rings. The van der Waals surface area contributed by atoms with Gasteiger partial charge in [0.05, 0.1) is 5.92 Å². The van der Waals surface area contributed by atoms with E-state index in [-0.39, 0.29) is 43.5 Å². The van der Waals surface area contributed by atoms with Crippen molar-refractivity contribution in [2.45, 2.75) is 64.0 Å². The van der Waals surface area contributed by atoms with Crippen molar-refractivity contribution in [2.24, 2.45) is 5.92 Å². The smallest absolute Gasteiger partial charge is 0.242 e. The fraction of sp³-hybridized carbons (Fsp3) is 0.591. The molecule has 1 saturated carbocycles. The molecule has 2 N–H and O–H groups in total. The maximum atomic E-state index is 12.7. The fourth-order valence-electron chi connectivity index (χ4n) is 4.33. The lowest BCUT2D eigenvalue weighted by Gasteiger charge is -2.21. The molecular weight excluding hydrogens is 386 g/mol. The molecule has 162 valence electrons. The van der Waals surface area contributed by atoms with Gasteiger partial charge in [-0.25, -0.2) is 0 Å². The largest absolute Gasteiger partial charge is 0.454 e. The zero-order valence-electron chi connectivity index (χ0n) is 17.3. The maximum Gasteiger partial charge on any atom is 0.242 e. The van der Waals surface area contributed by atoms with Crippen molar-refractivity contribution >= 4 is 23.4 Å². The standard InChI is InChI=1S/C22H29N3O5/c1-14(21(27)24-16-6-4-2-3-5-7-16)23-22(28)15-10-20(26)25(12-15)17-8-9-18-19(11-17)30-13-29-18/h8-9,11,14-16H,2-7,10,12-13H2,1H3,(H,23,28)(H,24,27)/t14-,15+/m0/s1. The molecule has 2 fully saturated rings. The van der Waals surface area contributed by atoms with Gasteiger partial charge in [0, 0.05) is 30.8 Å². The molecule has 1 aromatic carbocycles. The summed E-state index contributed by atoms with van der Waals surface area (Å²) in [6.45, 7) is 2.14. The third-order valence-corrected chi connectivity index (χ3v) is 6.12. The lowest BCUT2D eigenvalue weighted by atomic mass is 10.1. The van der Waals surface area contributed by atoms with Crippen molar-refractivity contribution in [2.75, 3.05) is 18.2 Å². The molecular formula is C22H29N3O5. The molecule has 0 bridgehead atoms. The van der Waals surface area contributed by atoms with E-state index in [4.69, 9.17) is 9.47 Å². The minimum Gasteiger partial charge on any atom is -0.454 e. The van der Waals surface area contributed by atoms with E-state index in [0.29, 0.717) is 17.2 Å². The molecule has 0 radical (unpaired) electrons. The van der Waals surface area contributed by atoms with E-state index in [1.165, 1.54) is 12.8 Å². The first-order valence-electron chi connectivity index (χ1n) is 10.8. The van der Waals surface area contributed by atoms with E-state index >= 15 is 0 Å². The molecule has 2 atom stereocenters. The number of benzene rings is 1. The van der Waals surface area contributed by atoms with Crippen LogP contribution in [0.5, 0.6) is 11.5 Å². The molecule has 1 saturated heterocycles. The predicted molar refractivity (Wildman–Crippen MR) is 110 cm³/mol. The number of anilines is 1. The van der Waals surface area contributed by atoms with Gasteiger partial charge in [0.1, 0.15) is 6.04 Å². The Labute approximate surface area is 176 Å². The lowest BCUT2D eigenvalue weighted by molar-refractivity contribution is -0.131. The zero-order chi connectivity index (χ0) is 21.1. The van der Waals surface area contributed by atoms with Crippen LogP contribution in [0.3, 0.4) is 0 Å². The minimum absolute atomic E-state index is 0.121. The summed E-state index contributed by atoms with van der Waals surface area (Å²) in [6.07, 6.45) is 6.80. The molecule has 1 aliphatic carbocycles. The van der Waals surface area contributed by atoms with Gasteiger partial charge in [0.15, 0.2) is 11.5 Å². The van der Waals surface area contributed by atoms with Crippen LogP contribution in [0, 0.1) is 5.92 Å².